The number of nitrogens with zero attached hydrogens (tertiary/aromatic N) is 3. The van der Waals surface area contributed by atoms with Crippen LogP contribution in [0, 0.1) is 18.5 Å². The number of aryl methyl sites for hydroxylation is 2. The van der Waals surface area contributed by atoms with Gasteiger partial charge in [0.1, 0.15) is 4.64 Å². The highest BCUT2D eigenvalue weighted by atomic mass is 32.1. The van der Waals surface area contributed by atoms with Crippen molar-refractivity contribution in [2.24, 2.45) is 0 Å². The maximum atomic E-state index is 5.78. The number of hydrogen-bond donors (Lipinski definition) is 1. The Balaban J connectivity index is 1.91. The summed E-state index contributed by atoms with van der Waals surface area (Å²) in [6.07, 6.45) is 4.41. The Morgan fingerprint density at radius 2 is 1.88 bits per heavy atom. The SMILES string of the molecule is Cc1nc2c(-c3cccnc3)c(C)[nH]n2c(=S)c1Cc1ccccc1. The van der Waals surface area contributed by atoms with Crippen molar-refractivity contribution in [2.45, 2.75) is 20.3 Å². The van der Waals surface area contributed by atoms with E-state index in [9.17, 15) is 0 Å². The lowest BCUT2D eigenvalue weighted by molar-refractivity contribution is 0.871. The first-order chi connectivity index (χ1) is 12.1. The van der Waals surface area contributed by atoms with Gasteiger partial charge in [-0.05, 0) is 25.5 Å². The van der Waals surface area contributed by atoms with Gasteiger partial charge < -0.3 is 0 Å². The molecule has 0 saturated heterocycles. The lowest BCUT2D eigenvalue weighted by Gasteiger charge is -2.08. The third kappa shape index (κ3) is 2.76. The average molecular weight is 346 g/mol. The molecule has 4 rings (SSSR count). The number of hydrogen-bond acceptors (Lipinski definition) is 3. The summed E-state index contributed by atoms with van der Waals surface area (Å²) < 4.78 is 2.70. The minimum absolute atomic E-state index is 0.780. The van der Waals surface area contributed by atoms with Gasteiger partial charge in [-0.1, -0.05) is 48.6 Å². The monoisotopic (exact) mass is 346 g/mol. The molecule has 3 aromatic heterocycles. The summed E-state index contributed by atoms with van der Waals surface area (Å²) >= 11 is 5.78. The molecule has 4 nitrogen and oxygen atoms in total. The number of rotatable bonds is 3. The minimum Gasteiger partial charge on any atom is -0.295 e. The van der Waals surface area contributed by atoms with E-state index in [-0.39, 0.29) is 0 Å². The third-order valence-electron chi connectivity index (χ3n) is 4.44. The van der Waals surface area contributed by atoms with Crippen molar-refractivity contribution in [3.8, 4) is 11.1 Å². The van der Waals surface area contributed by atoms with E-state index in [1.54, 1.807) is 6.20 Å². The molecule has 0 unspecified atom stereocenters. The van der Waals surface area contributed by atoms with Crippen LogP contribution in [0.2, 0.25) is 0 Å². The first kappa shape index (κ1) is 15.7. The number of fused-ring (bicyclic) bond motifs is 1. The Morgan fingerprint density at radius 3 is 2.60 bits per heavy atom. The van der Waals surface area contributed by atoms with Gasteiger partial charge in [-0.25, -0.2) is 9.50 Å². The fraction of sp³-hybridized carbons (Fsp3) is 0.150. The van der Waals surface area contributed by atoms with Crippen LogP contribution in [0.3, 0.4) is 0 Å². The Bertz CT molecular complexity index is 1100. The molecule has 0 atom stereocenters. The Morgan fingerprint density at radius 1 is 1.08 bits per heavy atom. The molecule has 0 aliphatic carbocycles. The van der Waals surface area contributed by atoms with Crippen molar-refractivity contribution >= 4 is 17.9 Å². The van der Waals surface area contributed by atoms with Gasteiger partial charge in [-0.2, -0.15) is 0 Å². The summed E-state index contributed by atoms with van der Waals surface area (Å²) in [4.78, 5) is 9.10. The Kier molecular flexibility index (Phi) is 3.93. The molecular weight excluding hydrogens is 328 g/mol. The van der Waals surface area contributed by atoms with E-state index < -0.39 is 0 Å². The summed E-state index contributed by atoms with van der Waals surface area (Å²) in [6.45, 7) is 4.07. The summed E-state index contributed by atoms with van der Waals surface area (Å²) in [5.41, 5.74) is 7.25. The van der Waals surface area contributed by atoms with Crippen LogP contribution in [0.4, 0.5) is 0 Å². The van der Waals surface area contributed by atoms with Crippen LogP contribution in [0.15, 0.2) is 54.9 Å². The van der Waals surface area contributed by atoms with Gasteiger partial charge in [0.2, 0.25) is 0 Å². The van der Waals surface area contributed by atoms with Gasteiger partial charge in [0.05, 0.1) is 0 Å². The third-order valence-corrected chi connectivity index (χ3v) is 4.86. The second-order valence-corrected chi connectivity index (χ2v) is 6.54. The Labute approximate surface area is 151 Å². The summed E-state index contributed by atoms with van der Waals surface area (Å²) in [6, 6.07) is 14.3. The maximum absolute atomic E-state index is 5.78. The fourth-order valence-corrected chi connectivity index (χ4v) is 3.54. The van der Waals surface area contributed by atoms with Crippen molar-refractivity contribution < 1.29 is 0 Å². The second-order valence-electron chi connectivity index (χ2n) is 6.16. The highest BCUT2D eigenvalue weighted by molar-refractivity contribution is 7.71. The average Bonchev–Trinajstić information content (AvgIpc) is 2.96. The number of aromatic nitrogens is 4. The number of pyridine rings is 1. The van der Waals surface area contributed by atoms with Crippen LogP contribution in [0.1, 0.15) is 22.5 Å². The Hall–Kier alpha value is -2.79. The number of H-pyrrole nitrogens is 1. The van der Waals surface area contributed by atoms with E-state index in [1.165, 1.54) is 5.56 Å². The van der Waals surface area contributed by atoms with Gasteiger partial charge in [0, 0.05) is 46.9 Å². The van der Waals surface area contributed by atoms with Crippen LogP contribution >= 0.6 is 12.2 Å². The summed E-state index contributed by atoms with van der Waals surface area (Å²) in [5.74, 6) is 0. The molecule has 5 heteroatoms. The fourth-order valence-electron chi connectivity index (χ4n) is 3.18. The van der Waals surface area contributed by atoms with Crippen LogP contribution in [0.5, 0.6) is 0 Å². The largest absolute Gasteiger partial charge is 0.295 e. The number of aromatic amines is 1. The molecule has 25 heavy (non-hydrogen) atoms. The molecule has 0 aliphatic heterocycles. The maximum Gasteiger partial charge on any atom is 0.162 e. The standard InChI is InChI=1S/C20H18N4S/c1-13-17(11-15-7-4-3-5-8-15)20(25)24-19(22-13)18(14(2)23-24)16-9-6-10-21-12-16/h3-10,12,23H,11H2,1-2H3. The van der Waals surface area contributed by atoms with Gasteiger partial charge in [-0.3, -0.25) is 10.1 Å². The van der Waals surface area contributed by atoms with Crippen molar-refractivity contribution in [1.29, 1.82) is 0 Å². The van der Waals surface area contributed by atoms with Crippen molar-refractivity contribution in [2.75, 3.05) is 0 Å². The van der Waals surface area contributed by atoms with Crippen LogP contribution in [-0.2, 0) is 6.42 Å². The minimum atomic E-state index is 0.780. The van der Waals surface area contributed by atoms with Crippen molar-refractivity contribution in [3.63, 3.8) is 0 Å². The zero-order valence-electron chi connectivity index (χ0n) is 14.2. The van der Waals surface area contributed by atoms with Crippen molar-refractivity contribution in [3.05, 3.63) is 82.0 Å². The molecular formula is C20H18N4S. The molecule has 4 aromatic rings. The van der Waals surface area contributed by atoms with Crippen LogP contribution < -0.4 is 0 Å². The molecule has 0 radical (unpaired) electrons. The highest BCUT2D eigenvalue weighted by Crippen LogP contribution is 2.28. The normalized spacial score (nSPS) is 11.1. The molecule has 3 heterocycles. The zero-order valence-corrected chi connectivity index (χ0v) is 15.0. The number of benzene rings is 1. The topological polar surface area (TPSA) is 46.0 Å². The smallest absolute Gasteiger partial charge is 0.162 e. The molecule has 0 bridgehead atoms. The van der Waals surface area contributed by atoms with Gasteiger partial charge in [0.25, 0.3) is 0 Å². The predicted octanol–water partition coefficient (Wildman–Crippen LogP) is 4.66. The summed E-state index contributed by atoms with van der Waals surface area (Å²) in [5, 5.41) is 3.37. The first-order valence-electron chi connectivity index (χ1n) is 8.20. The number of nitrogens with one attached hydrogen (secondary N) is 1. The first-order valence-corrected chi connectivity index (χ1v) is 8.61. The predicted molar refractivity (Wildman–Crippen MR) is 102 cm³/mol. The molecule has 0 saturated carbocycles. The molecule has 124 valence electrons. The lowest BCUT2D eigenvalue weighted by Crippen LogP contribution is -2.03. The van der Waals surface area contributed by atoms with Crippen LogP contribution in [-0.4, -0.2) is 19.6 Å². The van der Waals surface area contributed by atoms with Crippen LogP contribution in [0.25, 0.3) is 16.8 Å². The van der Waals surface area contributed by atoms with E-state index in [0.29, 0.717) is 0 Å². The molecule has 0 fully saturated rings. The molecule has 0 amide bonds. The van der Waals surface area contributed by atoms with E-state index >= 15 is 0 Å². The van der Waals surface area contributed by atoms with E-state index in [1.807, 2.05) is 54.9 Å². The molecule has 1 aromatic carbocycles. The zero-order chi connectivity index (χ0) is 17.4. The van der Waals surface area contributed by atoms with Gasteiger partial charge >= 0.3 is 0 Å². The quantitative estimate of drug-likeness (QED) is 0.549. The van der Waals surface area contributed by atoms with Gasteiger partial charge in [-0.15, -0.1) is 0 Å². The summed E-state index contributed by atoms with van der Waals surface area (Å²) in [7, 11) is 0. The molecule has 1 N–H and O–H groups in total. The molecule has 0 aliphatic rings. The second kappa shape index (κ2) is 6.26. The van der Waals surface area contributed by atoms with E-state index in [2.05, 4.69) is 22.2 Å². The highest BCUT2D eigenvalue weighted by Gasteiger charge is 2.16. The van der Waals surface area contributed by atoms with E-state index in [4.69, 9.17) is 17.2 Å². The molecule has 0 spiro atoms. The van der Waals surface area contributed by atoms with E-state index in [0.717, 1.165) is 44.8 Å². The van der Waals surface area contributed by atoms with Crippen molar-refractivity contribution in [1.82, 2.24) is 19.6 Å². The lowest BCUT2D eigenvalue weighted by atomic mass is 10.0. The van der Waals surface area contributed by atoms with Gasteiger partial charge in [0.15, 0.2) is 5.65 Å².